The minimum atomic E-state index is 0.248. The lowest BCUT2D eigenvalue weighted by molar-refractivity contribution is 0.468. The smallest absolute Gasteiger partial charge is 0.131 e. The molecule has 0 fully saturated rings. The van der Waals surface area contributed by atoms with Crippen molar-refractivity contribution in [3.8, 4) is 39.5 Å². The second kappa shape index (κ2) is 4.54. The third-order valence-corrected chi connectivity index (χ3v) is 5.25. The molecule has 3 nitrogen and oxygen atoms in total. The van der Waals surface area contributed by atoms with E-state index in [1.165, 1.54) is 22.3 Å². The third-order valence-electron chi connectivity index (χ3n) is 5.25. The average Bonchev–Trinajstić information content (AvgIpc) is 3.04. The highest BCUT2D eigenvalue weighted by molar-refractivity contribution is 6.04. The molecule has 3 N–H and O–H groups in total. The van der Waals surface area contributed by atoms with E-state index < -0.39 is 0 Å². The predicted molar refractivity (Wildman–Crippen MR) is 92.5 cm³/mol. The lowest BCUT2D eigenvalue weighted by atomic mass is 9.83. The molecule has 0 saturated heterocycles. The van der Waals surface area contributed by atoms with Gasteiger partial charge in [-0.1, -0.05) is 18.2 Å². The quantitative estimate of drug-likeness (QED) is 0.521. The summed E-state index contributed by atoms with van der Waals surface area (Å²) in [5, 5.41) is 29.6. The molecule has 24 heavy (non-hydrogen) atoms. The summed E-state index contributed by atoms with van der Waals surface area (Å²) in [6.07, 6.45) is 2.41. The first-order valence-electron chi connectivity index (χ1n) is 8.14. The van der Waals surface area contributed by atoms with Gasteiger partial charge in [-0.25, -0.2) is 0 Å². The number of rotatable bonds is 2. The van der Waals surface area contributed by atoms with E-state index >= 15 is 0 Å². The standard InChI is InChI=1S/C21H16O3/c22-12-3-1-11(2-4-12)9-17-14-5-6-15-16(10-18-20(15)21(18)24)13(14)7-8-19(17)23/h1-4,7-8,10,22-24H,5-6,9H2. The fraction of sp³-hybridized carbons (Fsp3) is 0.143. The molecule has 2 aromatic carbocycles. The Hall–Kier alpha value is -2.94. The molecule has 3 heteroatoms. The summed E-state index contributed by atoms with van der Waals surface area (Å²) in [4.78, 5) is 0. The molecule has 2 aromatic rings. The van der Waals surface area contributed by atoms with E-state index in [9.17, 15) is 15.3 Å². The first kappa shape index (κ1) is 13.5. The van der Waals surface area contributed by atoms with Crippen molar-refractivity contribution in [1.29, 1.82) is 0 Å². The minimum Gasteiger partial charge on any atom is -0.508 e. The summed E-state index contributed by atoms with van der Waals surface area (Å²) >= 11 is 0. The molecule has 0 spiro atoms. The van der Waals surface area contributed by atoms with Gasteiger partial charge < -0.3 is 15.3 Å². The van der Waals surface area contributed by atoms with Crippen molar-refractivity contribution in [2.45, 2.75) is 19.3 Å². The number of fused-ring (bicyclic) bond motifs is 5. The highest BCUT2D eigenvalue weighted by Gasteiger charge is 2.35. The highest BCUT2D eigenvalue weighted by Crippen LogP contribution is 2.59. The maximum absolute atomic E-state index is 10.4. The van der Waals surface area contributed by atoms with Gasteiger partial charge in [0.05, 0.1) is 0 Å². The van der Waals surface area contributed by atoms with Gasteiger partial charge in [-0.05, 0) is 64.9 Å². The van der Waals surface area contributed by atoms with E-state index in [0.717, 1.165) is 35.1 Å². The van der Waals surface area contributed by atoms with Crippen LogP contribution in [0.2, 0.25) is 0 Å². The highest BCUT2D eigenvalue weighted by atomic mass is 16.3. The van der Waals surface area contributed by atoms with E-state index in [1.807, 2.05) is 18.2 Å². The van der Waals surface area contributed by atoms with Crippen LogP contribution in [0, 0.1) is 0 Å². The summed E-state index contributed by atoms with van der Waals surface area (Å²) in [5.74, 6) is 1.03. The van der Waals surface area contributed by atoms with Gasteiger partial charge in [-0.15, -0.1) is 0 Å². The van der Waals surface area contributed by atoms with Gasteiger partial charge in [-0.3, -0.25) is 0 Å². The Morgan fingerprint density at radius 1 is 0.750 bits per heavy atom. The van der Waals surface area contributed by atoms with Crippen molar-refractivity contribution in [3.05, 3.63) is 64.7 Å². The number of benzene rings is 3. The van der Waals surface area contributed by atoms with Crippen LogP contribution in [0.1, 0.15) is 22.3 Å². The molecule has 3 aliphatic carbocycles. The summed E-state index contributed by atoms with van der Waals surface area (Å²) in [7, 11) is 0. The summed E-state index contributed by atoms with van der Waals surface area (Å²) in [6, 6.07) is 12.9. The Balaban J connectivity index is 1.61. The number of hydrogen-bond acceptors (Lipinski definition) is 3. The van der Waals surface area contributed by atoms with Crippen LogP contribution in [0.3, 0.4) is 0 Å². The van der Waals surface area contributed by atoms with E-state index in [4.69, 9.17) is 0 Å². The van der Waals surface area contributed by atoms with Crippen LogP contribution < -0.4 is 0 Å². The number of phenols is 3. The van der Waals surface area contributed by atoms with E-state index in [-0.39, 0.29) is 5.75 Å². The van der Waals surface area contributed by atoms with Crippen LogP contribution in [-0.4, -0.2) is 15.3 Å². The summed E-state index contributed by atoms with van der Waals surface area (Å²) in [5.41, 5.74) is 8.86. The normalized spacial score (nSPS) is 13.3. The lowest BCUT2D eigenvalue weighted by Gasteiger charge is -2.22. The molecule has 118 valence electrons. The van der Waals surface area contributed by atoms with Crippen LogP contribution in [0.4, 0.5) is 0 Å². The van der Waals surface area contributed by atoms with Crippen LogP contribution in [0.25, 0.3) is 22.3 Å². The third kappa shape index (κ3) is 1.78. The van der Waals surface area contributed by atoms with Crippen molar-refractivity contribution < 1.29 is 15.3 Å². The molecular formula is C21H16O3. The molecule has 0 radical (unpaired) electrons. The van der Waals surface area contributed by atoms with Crippen LogP contribution >= 0.6 is 0 Å². The molecule has 0 atom stereocenters. The Bertz CT molecular complexity index is 1000. The number of phenolic OH excluding ortho intramolecular Hbond substituents is 3. The van der Waals surface area contributed by atoms with Gasteiger partial charge in [-0.2, -0.15) is 0 Å². The molecule has 0 amide bonds. The van der Waals surface area contributed by atoms with Gasteiger partial charge in [0.1, 0.15) is 17.2 Å². The van der Waals surface area contributed by atoms with Gasteiger partial charge in [0, 0.05) is 23.1 Å². The molecule has 0 bridgehead atoms. The van der Waals surface area contributed by atoms with Crippen molar-refractivity contribution in [1.82, 2.24) is 0 Å². The summed E-state index contributed by atoms with van der Waals surface area (Å²) in [6.45, 7) is 0. The van der Waals surface area contributed by atoms with Crippen molar-refractivity contribution in [2.75, 3.05) is 0 Å². The molecule has 0 unspecified atom stereocenters. The Morgan fingerprint density at radius 3 is 2.29 bits per heavy atom. The van der Waals surface area contributed by atoms with Gasteiger partial charge in [0.15, 0.2) is 0 Å². The average molecular weight is 316 g/mol. The number of hydrogen-bond donors (Lipinski definition) is 3. The van der Waals surface area contributed by atoms with Gasteiger partial charge in [0.25, 0.3) is 0 Å². The lowest BCUT2D eigenvalue weighted by Crippen LogP contribution is -2.06. The Morgan fingerprint density at radius 2 is 1.50 bits per heavy atom. The second-order valence-corrected chi connectivity index (χ2v) is 6.61. The Kier molecular flexibility index (Phi) is 2.55. The molecule has 3 aliphatic rings. The largest absolute Gasteiger partial charge is 0.508 e. The molecule has 0 saturated carbocycles. The fourth-order valence-corrected chi connectivity index (χ4v) is 3.99. The molecular weight excluding hydrogens is 300 g/mol. The van der Waals surface area contributed by atoms with Crippen LogP contribution in [0.15, 0.2) is 42.5 Å². The van der Waals surface area contributed by atoms with Gasteiger partial charge >= 0.3 is 0 Å². The first-order chi connectivity index (χ1) is 11.6. The van der Waals surface area contributed by atoms with E-state index in [1.54, 1.807) is 18.2 Å². The minimum absolute atomic E-state index is 0.248. The maximum atomic E-state index is 10.4. The van der Waals surface area contributed by atoms with Crippen LogP contribution in [0.5, 0.6) is 17.2 Å². The predicted octanol–water partition coefficient (Wildman–Crippen LogP) is 4.14. The zero-order chi connectivity index (χ0) is 16.4. The topological polar surface area (TPSA) is 60.7 Å². The van der Waals surface area contributed by atoms with E-state index in [0.29, 0.717) is 17.9 Å². The monoisotopic (exact) mass is 316 g/mol. The van der Waals surface area contributed by atoms with Crippen molar-refractivity contribution in [3.63, 3.8) is 0 Å². The zero-order valence-corrected chi connectivity index (χ0v) is 13.0. The van der Waals surface area contributed by atoms with Gasteiger partial charge in [0.2, 0.25) is 0 Å². The Labute approximate surface area is 139 Å². The zero-order valence-electron chi connectivity index (χ0n) is 13.0. The maximum Gasteiger partial charge on any atom is 0.131 e. The second-order valence-electron chi connectivity index (χ2n) is 6.61. The summed E-state index contributed by atoms with van der Waals surface area (Å²) < 4.78 is 0. The molecule has 5 rings (SSSR count). The van der Waals surface area contributed by atoms with E-state index in [2.05, 4.69) is 6.07 Å². The molecule has 0 aromatic heterocycles. The van der Waals surface area contributed by atoms with Crippen molar-refractivity contribution in [2.24, 2.45) is 0 Å². The molecule has 0 aliphatic heterocycles. The van der Waals surface area contributed by atoms with Crippen molar-refractivity contribution >= 4 is 0 Å². The number of aromatic hydroxyl groups is 3. The molecule has 0 heterocycles. The SMILES string of the molecule is Oc1ccc(Cc2c(O)ccc3c2CCc2c-3cc3c(O)c2-3)cc1. The van der Waals surface area contributed by atoms with Crippen LogP contribution in [-0.2, 0) is 19.3 Å². The fourth-order valence-electron chi connectivity index (χ4n) is 3.99. The first-order valence-corrected chi connectivity index (χ1v) is 8.14.